The topological polar surface area (TPSA) is 51.0 Å². The number of hydrogen-bond acceptors (Lipinski definition) is 4. The van der Waals surface area contributed by atoms with Gasteiger partial charge in [0.15, 0.2) is 5.82 Å². The van der Waals surface area contributed by atoms with Gasteiger partial charge in [0, 0.05) is 4.47 Å². The van der Waals surface area contributed by atoms with E-state index in [1.165, 1.54) is 0 Å². The van der Waals surface area contributed by atoms with Crippen LogP contribution in [-0.2, 0) is 6.54 Å². The first-order chi connectivity index (χ1) is 8.11. The molecule has 1 heterocycles. The van der Waals surface area contributed by atoms with E-state index in [1.54, 1.807) is 7.05 Å². The van der Waals surface area contributed by atoms with Gasteiger partial charge in [-0.2, -0.15) is 4.98 Å². The number of hydrogen-bond donors (Lipinski definition) is 1. The molecule has 0 spiro atoms. The number of aromatic nitrogens is 2. The molecule has 2 aromatic rings. The fourth-order valence-electron chi connectivity index (χ4n) is 1.33. The van der Waals surface area contributed by atoms with Crippen LogP contribution in [-0.4, -0.2) is 17.2 Å². The largest absolute Gasteiger partial charge is 0.334 e. The third-order valence-electron chi connectivity index (χ3n) is 2.02. The van der Waals surface area contributed by atoms with Crippen LogP contribution < -0.4 is 5.32 Å². The van der Waals surface area contributed by atoms with Gasteiger partial charge in [-0.25, -0.2) is 8.78 Å². The van der Waals surface area contributed by atoms with Crippen LogP contribution in [0.1, 0.15) is 5.82 Å². The van der Waals surface area contributed by atoms with Crippen molar-refractivity contribution in [2.45, 2.75) is 6.54 Å². The highest BCUT2D eigenvalue weighted by Gasteiger charge is 2.18. The standard InChI is InChI=1S/C10H8BrF2N3O/c1-14-4-8-15-10(17-16-8)9-6(12)2-5(11)3-7(9)13/h2-3,14H,4H2,1H3. The Morgan fingerprint density at radius 2 is 2.00 bits per heavy atom. The van der Waals surface area contributed by atoms with E-state index in [9.17, 15) is 8.78 Å². The van der Waals surface area contributed by atoms with Crippen molar-refractivity contribution in [3.63, 3.8) is 0 Å². The number of benzene rings is 1. The van der Waals surface area contributed by atoms with Crippen molar-refractivity contribution in [2.75, 3.05) is 7.05 Å². The molecule has 1 N–H and O–H groups in total. The average Bonchev–Trinajstić information content (AvgIpc) is 2.65. The molecule has 0 bridgehead atoms. The van der Waals surface area contributed by atoms with Gasteiger partial charge in [0.05, 0.1) is 6.54 Å². The molecule has 0 fully saturated rings. The molecule has 90 valence electrons. The van der Waals surface area contributed by atoms with Gasteiger partial charge < -0.3 is 9.84 Å². The molecule has 0 radical (unpaired) electrons. The van der Waals surface area contributed by atoms with Gasteiger partial charge in [0.25, 0.3) is 5.89 Å². The first kappa shape index (κ1) is 12.1. The lowest BCUT2D eigenvalue weighted by Gasteiger charge is -2.00. The monoisotopic (exact) mass is 303 g/mol. The molecular weight excluding hydrogens is 296 g/mol. The second kappa shape index (κ2) is 4.89. The second-order valence-electron chi connectivity index (χ2n) is 3.29. The lowest BCUT2D eigenvalue weighted by atomic mass is 10.2. The van der Waals surface area contributed by atoms with Crippen LogP contribution in [0, 0.1) is 11.6 Å². The molecule has 0 atom stereocenters. The Hall–Kier alpha value is -1.34. The summed E-state index contributed by atoms with van der Waals surface area (Å²) >= 11 is 2.99. The van der Waals surface area contributed by atoms with Gasteiger partial charge in [0.2, 0.25) is 0 Å². The van der Waals surface area contributed by atoms with E-state index in [2.05, 4.69) is 31.4 Å². The molecule has 17 heavy (non-hydrogen) atoms. The Morgan fingerprint density at radius 3 is 2.59 bits per heavy atom. The van der Waals surface area contributed by atoms with E-state index < -0.39 is 11.6 Å². The molecule has 0 unspecified atom stereocenters. The summed E-state index contributed by atoms with van der Waals surface area (Å²) in [5, 5.41) is 6.40. The quantitative estimate of drug-likeness (QED) is 0.946. The maximum atomic E-state index is 13.6. The molecular formula is C10H8BrF2N3O. The predicted octanol–water partition coefficient (Wildman–Crippen LogP) is 2.50. The van der Waals surface area contributed by atoms with Crippen LogP contribution in [0.25, 0.3) is 11.5 Å². The Kier molecular flexibility index (Phi) is 3.49. The minimum Gasteiger partial charge on any atom is -0.334 e. The molecule has 0 aliphatic rings. The molecule has 2 rings (SSSR count). The van der Waals surface area contributed by atoms with E-state index in [-0.39, 0.29) is 11.5 Å². The highest BCUT2D eigenvalue weighted by Crippen LogP contribution is 2.27. The predicted molar refractivity (Wildman–Crippen MR) is 60.1 cm³/mol. The van der Waals surface area contributed by atoms with Crippen molar-refractivity contribution < 1.29 is 13.3 Å². The summed E-state index contributed by atoms with van der Waals surface area (Å²) in [4.78, 5) is 3.89. The Morgan fingerprint density at radius 1 is 1.35 bits per heavy atom. The van der Waals surface area contributed by atoms with Crippen molar-refractivity contribution in [3.05, 3.63) is 34.1 Å². The smallest absolute Gasteiger partial charge is 0.263 e. The van der Waals surface area contributed by atoms with Crippen LogP contribution in [0.15, 0.2) is 21.1 Å². The van der Waals surface area contributed by atoms with Crippen LogP contribution >= 0.6 is 15.9 Å². The molecule has 1 aromatic carbocycles. The van der Waals surface area contributed by atoms with Gasteiger partial charge in [0.1, 0.15) is 17.2 Å². The van der Waals surface area contributed by atoms with E-state index in [4.69, 9.17) is 4.52 Å². The van der Waals surface area contributed by atoms with E-state index in [0.29, 0.717) is 16.8 Å². The molecule has 4 nitrogen and oxygen atoms in total. The third-order valence-corrected chi connectivity index (χ3v) is 2.48. The molecule has 0 aliphatic heterocycles. The molecule has 0 saturated heterocycles. The number of nitrogens with one attached hydrogen (secondary N) is 1. The third kappa shape index (κ3) is 2.50. The minimum absolute atomic E-state index is 0.169. The van der Waals surface area contributed by atoms with Gasteiger partial charge in [-0.05, 0) is 19.2 Å². The van der Waals surface area contributed by atoms with Gasteiger partial charge in [-0.3, -0.25) is 0 Å². The van der Waals surface area contributed by atoms with Crippen LogP contribution in [0.5, 0.6) is 0 Å². The zero-order chi connectivity index (χ0) is 12.4. The zero-order valence-corrected chi connectivity index (χ0v) is 10.4. The molecule has 0 saturated carbocycles. The summed E-state index contributed by atoms with van der Waals surface area (Å²) < 4.78 is 32.3. The summed E-state index contributed by atoms with van der Waals surface area (Å²) in [6.45, 7) is 0.364. The van der Waals surface area contributed by atoms with Crippen molar-refractivity contribution in [1.29, 1.82) is 0 Å². The number of rotatable bonds is 3. The van der Waals surface area contributed by atoms with E-state index >= 15 is 0 Å². The molecule has 7 heteroatoms. The van der Waals surface area contributed by atoms with Crippen LogP contribution in [0.3, 0.4) is 0 Å². The second-order valence-corrected chi connectivity index (χ2v) is 4.21. The average molecular weight is 304 g/mol. The SMILES string of the molecule is CNCc1noc(-c2c(F)cc(Br)cc2F)n1. The summed E-state index contributed by atoms with van der Waals surface area (Å²) in [7, 11) is 1.71. The van der Waals surface area contributed by atoms with Crippen molar-refractivity contribution in [3.8, 4) is 11.5 Å². The Balaban J connectivity index is 2.45. The summed E-state index contributed by atoms with van der Waals surface area (Å²) in [6.07, 6.45) is 0. The number of nitrogens with zero attached hydrogens (tertiary/aromatic N) is 2. The maximum absolute atomic E-state index is 13.6. The van der Waals surface area contributed by atoms with Crippen molar-refractivity contribution >= 4 is 15.9 Å². The van der Waals surface area contributed by atoms with Gasteiger partial charge in [-0.1, -0.05) is 21.1 Å². The lowest BCUT2D eigenvalue weighted by Crippen LogP contribution is -2.06. The number of halogens is 3. The highest BCUT2D eigenvalue weighted by molar-refractivity contribution is 9.10. The lowest BCUT2D eigenvalue weighted by molar-refractivity contribution is 0.415. The first-order valence-corrected chi connectivity index (χ1v) is 5.53. The zero-order valence-electron chi connectivity index (χ0n) is 8.80. The van der Waals surface area contributed by atoms with Crippen LogP contribution in [0.4, 0.5) is 8.78 Å². The molecule has 1 aromatic heterocycles. The van der Waals surface area contributed by atoms with Gasteiger partial charge >= 0.3 is 0 Å². The summed E-state index contributed by atoms with van der Waals surface area (Å²) in [5.74, 6) is -1.34. The normalized spacial score (nSPS) is 10.8. The Labute approximate surface area is 104 Å². The minimum atomic E-state index is -0.753. The highest BCUT2D eigenvalue weighted by atomic mass is 79.9. The fourth-order valence-corrected chi connectivity index (χ4v) is 1.73. The summed E-state index contributed by atoms with van der Waals surface area (Å²) in [5.41, 5.74) is -0.317. The maximum Gasteiger partial charge on any atom is 0.263 e. The molecule has 0 amide bonds. The fraction of sp³-hybridized carbons (Fsp3) is 0.200. The summed E-state index contributed by atoms with van der Waals surface area (Å²) in [6, 6.07) is 2.28. The van der Waals surface area contributed by atoms with Crippen LogP contribution in [0.2, 0.25) is 0 Å². The Bertz CT molecular complexity index is 521. The molecule has 0 aliphatic carbocycles. The van der Waals surface area contributed by atoms with Gasteiger partial charge in [-0.15, -0.1) is 0 Å². The van der Waals surface area contributed by atoms with E-state index in [1.807, 2.05) is 0 Å². The first-order valence-electron chi connectivity index (χ1n) is 4.74. The van der Waals surface area contributed by atoms with E-state index in [0.717, 1.165) is 12.1 Å². The van der Waals surface area contributed by atoms with Crippen molar-refractivity contribution in [2.24, 2.45) is 0 Å². The van der Waals surface area contributed by atoms with Crippen molar-refractivity contribution in [1.82, 2.24) is 15.5 Å².